The van der Waals surface area contributed by atoms with E-state index < -0.39 is 0 Å². The van der Waals surface area contributed by atoms with Crippen molar-refractivity contribution in [2.75, 3.05) is 31.2 Å². The van der Waals surface area contributed by atoms with Crippen molar-refractivity contribution in [3.8, 4) is 0 Å². The number of likely N-dealkylation sites (tertiary alicyclic amines) is 1. The van der Waals surface area contributed by atoms with Gasteiger partial charge in [-0.3, -0.25) is 13.9 Å². The molecule has 0 aliphatic carbocycles. The van der Waals surface area contributed by atoms with Crippen LogP contribution < -0.4 is 16.7 Å². The van der Waals surface area contributed by atoms with Gasteiger partial charge in [-0.1, -0.05) is 36.4 Å². The summed E-state index contributed by atoms with van der Waals surface area (Å²) < 4.78 is 3.81. The number of aromatic nitrogens is 2. The van der Waals surface area contributed by atoms with Crippen LogP contribution in [-0.2, 0) is 6.54 Å². The van der Waals surface area contributed by atoms with Gasteiger partial charge in [0.2, 0.25) is 0 Å². The number of benzene rings is 3. The summed E-state index contributed by atoms with van der Waals surface area (Å²) in [4.78, 5) is 28.5. The normalized spacial score (nSPS) is 16.6. The van der Waals surface area contributed by atoms with Gasteiger partial charge < -0.3 is 16.0 Å². The number of amides is 1. The van der Waals surface area contributed by atoms with Crippen molar-refractivity contribution in [3.05, 3.63) is 94.4 Å². The number of nitrogens with two attached hydrogens (primary N) is 1. The van der Waals surface area contributed by atoms with Crippen LogP contribution in [0.15, 0.2) is 77.6 Å². The molecule has 1 atom stereocenters. The van der Waals surface area contributed by atoms with Crippen molar-refractivity contribution in [1.29, 1.82) is 0 Å². The topological polar surface area (TPSA) is 85.3 Å². The van der Waals surface area contributed by atoms with Gasteiger partial charge in [-0.05, 0) is 68.4 Å². The molecule has 0 unspecified atom stereocenters. The third-order valence-electron chi connectivity index (χ3n) is 6.60. The first-order valence-corrected chi connectivity index (χ1v) is 11.6. The van der Waals surface area contributed by atoms with Crippen LogP contribution in [-0.4, -0.2) is 40.1 Å². The molecule has 0 radical (unpaired) electrons. The van der Waals surface area contributed by atoms with Crippen molar-refractivity contribution in [2.24, 2.45) is 0 Å². The van der Waals surface area contributed by atoms with Gasteiger partial charge >= 0.3 is 5.69 Å². The van der Waals surface area contributed by atoms with Crippen molar-refractivity contribution < 1.29 is 4.79 Å². The van der Waals surface area contributed by atoms with Crippen LogP contribution in [0, 0.1) is 0 Å². The highest BCUT2D eigenvalue weighted by Crippen LogP contribution is 2.25. The number of piperidine rings is 1. The molecular weight excluding hydrogens is 426 g/mol. The minimum atomic E-state index is -0.223. The molecule has 4 aromatic rings. The van der Waals surface area contributed by atoms with Crippen molar-refractivity contribution >= 4 is 28.3 Å². The second kappa shape index (κ2) is 9.19. The third-order valence-corrected chi connectivity index (χ3v) is 6.60. The van der Waals surface area contributed by atoms with E-state index in [-0.39, 0.29) is 17.6 Å². The van der Waals surface area contributed by atoms with Crippen molar-refractivity contribution in [2.45, 2.75) is 25.4 Å². The lowest BCUT2D eigenvalue weighted by atomic mass is 10.1. The Labute approximate surface area is 198 Å². The lowest BCUT2D eigenvalue weighted by molar-refractivity contribution is 0.102. The summed E-state index contributed by atoms with van der Waals surface area (Å²) in [7, 11) is 2.11. The zero-order chi connectivity index (χ0) is 23.7. The van der Waals surface area contributed by atoms with Gasteiger partial charge in [-0.25, -0.2) is 4.79 Å². The van der Waals surface area contributed by atoms with E-state index in [1.54, 1.807) is 24.3 Å². The maximum Gasteiger partial charge on any atom is 0.329 e. The molecule has 1 saturated heterocycles. The SMILES string of the molecule is CN1CCC[C@@H](n2c(=O)n(Cc3ccc(C(=O)Nc4ccccc4N)cc3)c3ccccc32)C1. The number of imidazole rings is 1. The minimum absolute atomic E-state index is 0.0165. The van der Waals surface area contributed by atoms with Crippen LogP contribution in [0.5, 0.6) is 0 Å². The first-order valence-electron chi connectivity index (χ1n) is 11.6. The van der Waals surface area contributed by atoms with E-state index in [1.165, 1.54) is 0 Å². The minimum Gasteiger partial charge on any atom is -0.397 e. The van der Waals surface area contributed by atoms with Gasteiger partial charge in [-0.15, -0.1) is 0 Å². The average Bonchev–Trinajstić information content (AvgIpc) is 3.12. The highest BCUT2D eigenvalue weighted by atomic mass is 16.2. The summed E-state index contributed by atoms with van der Waals surface area (Å²) in [5, 5.41) is 2.85. The molecule has 7 heteroatoms. The number of nitrogens with zero attached hydrogens (tertiary/aromatic N) is 3. The standard InChI is InChI=1S/C27H29N5O2/c1-30-16-6-7-21(18-30)32-25-11-5-4-10-24(25)31(27(32)34)17-19-12-14-20(15-13-19)26(33)29-23-9-3-2-8-22(23)28/h2-5,8-15,21H,6-7,16-18,28H2,1H3,(H,29,33)/t21-/m1/s1. The van der Waals surface area contributed by atoms with Crippen molar-refractivity contribution in [3.63, 3.8) is 0 Å². The molecular formula is C27H29N5O2. The lowest BCUT2D eigenvalue weighted by Gasteiger charge is -2.30. The zero-order valence-electron chi connectivity index (χ0n) is 19.3. The van der Waals surface area contributed by atoms with Crippen LogP contribution in [0.4, 0.5) is 11.4 Å². The zero-order valence-corrected chi connectivity index (χ0v) is 19.3. The van der Waals surface area contributed by atoms with E-state index >= 15 is 0 Å². The number of nitrogens with one attached hydrogen (secondary N) is 1. The van der Waals surface area contributed by atoms with E-state index in [9.17, 15) is 9.59 Å². The first kappa shape index (κ1) is 22.0. The van der Waals surface area contributed by atoms with Crippen LogP contribution >= 0.6 is 0 Å². The van der Waals surface area contributed by atoms with Gasteiger partial charge in [0, 0.05) is 12.1 Å². The number of nitrogen functional groups attached to an aromatic ring is 1. The van der Waals surface area contributed by atoms with Crippen LogP contribution in [0.25, 0.3) is 11.0 Å². The number of fused-ring (bicyclic) bond motifs is 1. The summed E-state index contributed by atoms with van der Waals surface area (Å²) >= 11 is 0. The Bertz CT molecular complexity index is 1390. The molecule has 1 aliphatic heterocycles. The number of hydrogen-bond acceptors (Lipinski definition) is 4. The fraction of sp³-hybridized carbons (Fsp3) is 0.259. The number of para-hydroxylation sites is 4. The van der Waals surface area contributed by atoms with E-state index in [0.29, 0.717) is 23.5 Å². The second-order valence-corrected chi connectivity index (χ2v) is 9.02. The molecule has 0 bridgehead atoms. The molecule has 7 nitrogen and oxygen atoms in total. The van der Waals surface area contributed by atoms with Crippen LogP contribution in [0.1, 0.15) is 34.8 Å². The third kappa shape index (κ3) is 4.22. The Kier molecular flexibility index (Phi) is 5.94. The van der Waals surface area contributed by atoms with Gasteiger partial charge in [0.25, 0.3) is 5.91 Å². The smallest absolute Gasteiger partial charge is 0.329 e. The van der Waals surface area contributed by atoms with Crippen molar-refractivity contribution in [1.82, 2.24) is 14.0 Å². The maximum atomic E-state index is 13.5. The molecule has 5 rings (SSSR count). The Morgan fingerprint density at radius 1 is 1.00 bits per heavy atom. The molecule has 0 saturated carbocycles. The predicted molar refractivity (Wildman–Crippen MR) is 136 cm³/mol. The maximum absolute atomic E-state index is 13.5. The number of carbonyl (C=O) groups is 1. The molecule has 1 fully saturated rings. The molecule has 1 aliphatic rings. The predicted octanol–water partition coefficient (Wildman–Crippen LogP) is 3.95. The fourth-order valence-electron chi connectivity index (χ4n) is 4.84. The van der Waals surface area contributed by atoms with Crippen LogP contribution in [0.2, 0.25) is 0 Å². The quantitative estimate of drug-likeness (QED) is 0.446. The summed E-state index contributed by atoms with van der Waals surface area (Å²) in [5.41, 5.74) is 10.5. The molecule has 34 heavy (non-hydrogen) atoms. The largest absolute Gasteiger partial charge is 0.397 e. The average molecular weight is 456 g/mol. The Morgan fingerprint density at radius 3 is 2.44 bits per heavy atom. The molecule has 1 amide bonds. The fourth-order valence-corrected chi connectivity index (χ4v) is 4.84. The Balaban J connectivity index is 1.40. The number of rotatable bonds is 5. The summed E-state index contributed by atoms with van der Waals surface area (Å²) in [6, 6.07) is 22.7. The van der Waals surface area contributed by atoms with E-state index in [2.05, 4.69) is 17.3 Å². The van der Waals surface area contributed by atoms with Gasteiger partial charge in [0.1, 0.15) is 0 Å². The highest BCUT2D eigenvalue weighted by Gasteiger charge is 2.24. The number of hydrogen-bond donors (Lipinski definition) is 2. The first-order chi connectivity index (χ1) is 16.5. The summed E-state index contributed by atoms with van der Waals surface area (Å²) in [6.07, 6.45) is 2.10. The lowest BCUT2D eigenvalue weighted by Crippen LogP contribution is -2.38. The molecule has 3 N–H and O–H groups in total. The van der Waals surface area contributed by atoms with Crippen LogP contribution in [0.3, 0.4) is 0 Å². The molecule has 0 spiro atoms. The molecule has 2 heterocycles. The summed E-state index contributed by atoms with van der Waals surface area (Å²) in [5.74, 6) is -0.223. The number of carbonyl (C=O) groups excluding carboxylic acids is 1. The molecule has 3 aromatic carbocycles. The highest BCUT2D eigenvalue weighted by molar-refractivity contribution is 6.05. The van der Waals surface area contributed by atoms with E-state index in [1.807, 2.05) is 57.7 Å². The van der Waals surface area contributed by atoms with Gasteiger partial charge in [-0.2, -0.15) is 0 Å². The molecule has 1 aromatic heterocycles. The Hall–Kier alpha value is -3.84. The van der Waals surface area contributed by atoms with Gasteiger partial charge in [0.05, 0.1) is 35.0 Å². The Morgan fingerprint density at radius 2 is 1.71 bits per heavy atom. The van der Waals surface area contributed by atoms with Gasteiger partial charge in [0.15, 0.2) is 0 Å². The molecule has 174 valence electrons. The second-order valence-electron chi connectivity index (χ2n) is 9.02. The monoisotopic (exact) mass is 455 g/mol. The number of anilines is 2. The summed E-state index contributed by atoms with van der Waals surface area (Å²) in [6.45, 7) is 2.40. The number of likely N-dealkylation sites (N-methyl/N-ethyl adjacent to an activating group) is 1. The van der Waals surface area contributed by atoms with E-state index in [4.69, 9.17) is 5.73 Å². The van der Waals surface area contributed by atoms with E-state index in [0.717, 1.165) is 42.5 Å².